The summed E-state index contributed by atoms with van der Waals surface area (Å²) in [5.41, 5.74) is 0.526. The Bertz CT molecular complexity index is 512. The third-order valence-corrected chi connectivity index (χ3v) is 3.04. The second kappa shape index (κ2) is 3.58. The summed E-state index contributed by atoms with van der Waals surface area (Å²) in [4.78, 5) is 21.2. The Labute approximate surface area is 91.6 Å². The number of carbonyl (C=O) groups excluding carboxylic acids is 1. The molecule has 2 aromatic rings. The van der Waals surface area contributed by atoms with E-state index >= 15 is 0 Å². The number of carbonyl (C=O) groups is 1. The number of thiazole rings is 1. The molecule has 2 aromatic heterocycles. The molecule has 4 nitrogen and oxygen atoms in total. The molecule has 0 spiro atoms. The minimum absolute atomic E-state index is 0.105. The molecular weight excluding hydrogens is 210 g/mol. The standard InChI is InChI=1S/C10H11N3OS/c1-6-9(12-8(3)15-6)10(14)13-5-4-11-7(13)2/h4-5H,1-3H3. The fourth-order valence-electron chi connectivity index (χ4n) is 1.43. The van der Waals surface area contributed by atoms with Gasteiger partial charge in [0.25, 0.3) is 5.91 Å². The molecule has 2 heterocycles. The second-order valence-corrected chi connectivity index (χ2v) is 4.69. The average Bonchev–Trinajstić information content (AvgIpc) is 2.71. The monoisotopic (exact) mass is 221 g/mol. The third-order valence-electron chi connectivity index (χ3n) is 2.15. The molecule has 2 rings (SSSR count). The van der Waals surface area contributed by atoms with Gasteiger partial charge in [-0.3, -0.25) is 9.36 Å². The van der Waals surface area contributed by atoms with Gasteiger partial charge in [-0.1, -0.05) is 0 Å². The Kier molecular flexibility index (Phi) is 2.40. The number of rotatable bonds is 1. The molecule has 0 atom stereocenters. The molecule has 0 amide bonds. The van der Waals surface area contributed by atoms with Crippen LogP contribution in [0.4, 0.5) is 0 Å². The Morgan fingerprint density at radius 2 is 2.13 bits per heavy atom. The highest BCUT2D eigenvalue weighted by molar-refractivity contribution is 7.11. The van der Waals surface area contributed by atoms with Crippen molar-refractivity contribution in [2.24, 2.45) is 0 Å². The molecule has 0 fully saturated rings. The summed E-state index contributed by atoms with van der Waals surface area (Å²) in [6.07, 6.45) is 3.27. The summed E-state index contributed by atoms with van der Waals surface area (Å²) in [6.45, 7) is 5.60. The minimum Gasteiger partial charge on any atom is -0.268 e. The van der Waals surface area contributed by atoms with Gasteiger partial charge in [-0.05, 0) is 20.8 Å². The largest absolute Gasteiger partial charge is 0.283 e. The summed E-state index contributed by atoms with van der Waals surface area (Å²) in [7, 11) is 0. The fourth-order valence-corrected chi connectivity index (χ4v) is 2.24. The number of hydrogen-bond donors (Lipinski definition) is 0. The molecular formula is C10H11N3OS. The predicted octanol–water partition coefficient (Wildman–Crippen LogP) is 1.95. The van der Waals surface area contributed by atoms with E-state index in [4.69, 9.17) is 0 Å². The molecule has 0 N–H and O–H groups in total. The van der Waals surface area contributed by atoms with Gasteiger partial charge in [0.05, 0.1) is 5.01 Å². The summed E-state index contributed by atoms with van der Waals surface area (Å²) in [5.74, 6) is 0.580. The lowest BCUT2D eigenvalue weighted by Crippen LogP contribution is -2.14. The van der Waals surface area contributed by atoms with Crippen molar-refractivity contribution in [3.8, 4) is 0 Å². The lowest BCUT2D eigenvalue weighted by molar-refractivity contribution is 0.0952. The Hall–Kier alpha value is -1.49. The van der Waals surface area contributed by atoms with Gasteiger partial charge in [0.1, 0.15) is 11.5 Å². The molecule has 0 unspecified atom stereocenters. The van der Waals surface area contributed by atoms with Crippen LogP contribution in [-0.4, -0.2) is 20.4 Å². The maximum Gasteiger partial charge on any atom is 0.283 e. The normalized spacial score (nSPS) is 10.6. The molecule has 0 bridgehead atoms. The van der Waals surface area contributed by atoms with Crippen LogP contribution in [0.3, 0.4) is 0 Å². The van der Waals surface area contributed by atoms with Crippen LogP contribution < -0.4 is 0 Å². The molecule has 0 radical (unpaired) electrons. The molecule has 78 valence electrons. The summed E-state index contributed by atoms with van der Waals surface area (Å²) < 4.78 is 1.52. The number of imidazole rings is 1. The van der Waals surface area contributed by atoms with E-state index in [-0.39, 0.29) is 5.91 Å². The molecule has 0 aromatic carbocycles. The Morgan fingerprint density at radius 3 is 2.60 bits per heavy atom. The first kappa shape index (κ1) is 10.0. The van der Waals surface area contributed by atoms with Gasteiger partial charge in [-0.25, -0.2) is 9.97 Å². The highest BCUT2D eigenvalue weighted by atomic mass is 32.1. The molecule has 0 saturated carbocycles. The maximum atomic E-state index is 12.0. The summed E-state index contributed by atoms with van der Waals surface area (Å²) >= 11 is 1.53. The van der Waals surface area contributed by atoms with E-state index in [1.54, 1.807) is 19.3 Å². The van der Waals surface area contributed by atoms with Crippen molar-refractivity contribution in [2.45, 2.75) is 20.8 Å². The van der Waals surface area contributed by atoms with Crippen molar-refractivity contribution in [3.05, 3.63) is 33.8 Å². The highest BCUT2D eigenvalue weighted by Crippen LogP contribution is 2.17. The van der Waals surface area contributed by atoms with Crippen LogP contribution in [0.25, 0.3) is 0 Å². The smallest absolute Gasteiger partial charge is 0.268 e. The van der Waals surface area contributed by atoms with Gasteiger partial charge in [0, 0.05) is 17.3 Å². The van der Waals surface area contributed by atoms with Crippen LogP contribution in [-0.2, 0) is 0 Å². The minimum atomic E-state index is -0.105. The van der Waals surface area contributed by atoms with Crippen LogP contribution in [0.1, 0.15) is 26.2 Å². The third kappa shape index (κ3) is 1.70. The van der Waals surface area contributed by atoms with E-state index < -0.39 is 0 Å². The first-order valence-electron chi connectivity index (χ1n) is 4.58. The van der Waals surface area contributed by atoms with Crippen molar-refractivity contribution < 1.29 is 4.79 Å². The van der Waals surface area contributed by atoms with Crippen molar-refractivity contribution in [3.63, 3.8) is 0 Å². The quantitative estimate of drug-likeness (QED) is 0.739. The maximum absolute atomic E-state index is 12.0. The summed E-state index contributed by atoms with van der Waals surface area (Å²) in [6, 6.07) is 0. The number of aromatic nitrogens is 3. The molecule has 15 heavy (non-hydrogen) atoms. The zero-order chi connectivity index (χ0) is 11.0. The Morgan fingerprint density at radius 1 is 1.40 bits per heavy atom. The van der Waals surface area contributed by atoms with Gasteiger partial charge in [-0.2, -0.15) is 0 Å². The van der Waals surface area contributed by atoms with Gasteiger partial charge in [-0.15, -0.1) is 11.3 Å². The molecule has 0 aliphatic carbocycles. The van der Waals surface area contributed by atoms with Gasteiger partial charge < -0.3 is 0 Å². The van der Waals surface area contributed by atoms with E-state index in [1.807, 2.05) is 13.8 Å². The van der Waals surface area contributed by atoms with Crippen LogP contribution in [0, 0.1) is 20.8 Å². The molecule has 0 aliphatic heterocycles. The number of hydrogen-bond acceptors (Lipinski definition) is 4. The lowest BCUT2D eigenvalue weighted by Gasteiger charge is -2.00. The van der Waals surface area contributed by atoms with Crippen molar-refractivity contribution in [2.75, 3.05) is 0 Å². The average molecular weight is 221 g/mol. The Balaban J connectivity index is 2.45. The highest BCUT2D eigenvalue weighted by Gasteiger charge is 2.16. The van der Waals surface area contributed by atoms with E-state index in [0.29, 0.717) is 11.5 Å². The zero-order valence-electron chi connectivity index (χ0n) is 8.81. The van der Waals surface area contributed by atoms with Crippen molar-refractivity contribution >= 4 is 17.2 Å². The van der Waals surface area contributed by atoms with Crippen LogP contribution >= 0.6 is 11.3 Å². The van der Waals surface area contributed by atoms with Gasteiger partial charge in [0.15, 0.2) is 0 Å². The molecule has 0 saturated heterocycles. The van der Waals surface area contributed by atoms with Gasteiger partial charge in [0.2, 0.25) is 0 Å². The van der Waals surface area contributed by atoms with Crippen molar-refractivity contribution in [1.29, 1.82) is 0 Å². The first-order chi connectivity index (χ1) is 7.09. The molecule has 5 heteroatoms. The van der Waals surface area contributed by atoms with E-state index in [2.05, 4.69) is 9.97 Å². The topological polar surface area (TPSA) is 47.8 Å². The van der Waals surface area contributed by atoms with E-state index in [0.717, 1.165) is 9.88 Å². The van der Waals surface area contributed by atoms with E-state index in [1.165, 1.54) is 15.9 Å². The SMILES string of the molecule is Cc1nc(C(=O)n2ccnc2C)c(C)s1. The van der Waals surface area contributed by atoms with Crippen LogP contribution in [0.15, 0.2) is 12.4 Å². The fraction of sp³-hybridized carbons (Fsp3) is 0.300. The predicted molar refractivity (Wildman–Crippen MR) is 58.3 cm³/mol. The van der Waals surface area contributed by atoms with E-state index in [9.17, 15) is 4.79 Å². The van der Waals surface area contributed by atoms with Crippen LogP contribution in [0.5, 0.6) is 0 Å². The number of aryl methyl sites for hydroxylation is 3. The second-order valence-electron chi connectivity index (χ2n) is 3.29. The zero-order valence-corrected chi connectivity index (χ0v) is 9.63. The number of nitrogens with zero attached hydrogens (tertiary/aromatic N) is 3. The van der Waals surface area contributed by atoms with Gasteiger partial charge >= 0.3 is 0 Å². The first-order valence-corrected chi connectivity index (χ1v) is 5.40. The lowest BCUT2D eigenvalue weighted by atomic mass is 10.3. The summed E-state index contributed by atoms with van der Waals surface area (Å²) in [5, 5.41) is 0.911. The molecule has 0 aliphatic rings. The van der Waals surface area contributed by atoms with Crippen LogP contribution in [0.2, 0.25) is 0 Å². The van der Waals surface area contributed by atoms with Crippen molar-refractivity contribution in [1.82, 2.24) is 14.5 Å².